The summed E-state index contributed by atoms with van der Waals surface area (Å²) in [6.45, 7) is 3.35. The first-order valence-corrected chi connectivity index (χ1v) is 5.86. The van der Waals surface area contributed by atoms with E-state index in [0.29, 0.717) is 12.6 Å². The van der Waals surface area contributed by atoms with Crippen molar-refractivity contribution < 1.29 is 14.2 Å². The van der Waals surface area contributed by atoms with E-state index in [1.165, 1.54) is 6.66 Å². The number of hydrogen-bond donors (Lipinski definition) is 1. The van der Waals surface area contributed by atoms with Crippen molar-refractivity contribution in [3.05, 3.63) is 0 Å². The second-order valence-corrected chi connectivity index (χ2v) is 5.26. The molecule has 64 valence electrons. The van der Waals surface area contributed by atoms with Gasteiger partial charge in [-0.3, -0.25) is 4.57 Å². The van der Waals surface area contributed by atoms with Gasteiger partial charge >= 0.3 is 0 Å². The maximum Gasteiger partial charge on any atom is 0.197 e. The molecular weight excluding hydrogens is 162 g/mol. The summed E-state index contributed by atoms with van der Waals surface area (Å²) >= 11 is 0. The molecular formula is C6H14BO3P. The molecule has 0 saturated carbocycles. The second kappa shape index (κ2) is 4.97. The van der Waals surface area contributed by atoms with Gasteiger partial charge in [-0.2, -0.15) is 0 Å². The van der Waals surface area contributed by atoms with Crippen LogP contribution in [-0.4, -0.2) is 38.2 Å². The Balaban J connectivity index is 3.46. The first kappa shape index (κ1) is 11.2. The van der Waals surface area contributed by atoms with Gasteiger partial charge in [-0.15, -0.1) is 0 Å². The van der Waals surface area contributed by atoms with Gasteiger partial charge in [-0.1, -0.05) is 0 Å². The van der Waals surface area contributed by atoms with Crippen LogP contribution in [0.4, 0.5) is 0 Å². The molecule has 0 fully saturated rings. The average molecular weight is 176 g/mol. The van der Waals surface area contributed by atoms with Crippen LogP contribution in [0.3, 0.4) is 0 Å². The molecule has 0 saturated heterocycles. The fourth-order valence-electron chi connectivity index (χ4n) is 0.669. The van der Waals surface area contributed by atoms with Crippen LogP contribution in [0.1, 0.15) is 13.3 Å². The van der Waals surface area contributed by atoms with Crippen LogP contribution in [0.5, 0.6) is 0 Å². The summed E-state index contributed by atoms with van der Waals surface area (Å²) in [5.41, 5.74) is 0. The van der Waals surface area contributed by atoms with Crippen molar-refractivity contribution in [2.45, 2.75) is 19.4 Å². The highest BCUT2D eigenvalue weighted by Crippen LogP contribution is 2.36. The topological polar surface area (TPSA) is 46.5 Å². The molecule has 0 aliphatic carbocycles. The zero-order valence-corrected chi connectivity index (χ0v) is 7.88. The Hall–Kier alpha value is 0.215. The van der Waals surface area contributed by atoms with E-state index in [9.17, 15) is 4.57 Å². The molecule has 2 atom stereocenters. The lowest BCUT2D eigenvalue weighted by Crippen LogP contribution is -2.11. The third kappa shape index (κ3) is 8.12. The molecule has 1 N–H and O–H groups in total. The predicted molar refractivity (Wildman–Crippen MR) is 46.4 cm³/mol. The highest BCUT2D eigenvalue weighted by atomic mass is 31.2. The van der Waals surface area contributed by atoms with Crippen LogP contribution in [0.25, 0.3) is 0 Å². The van der Waals surface area contributed by atoms with Crippen molar-refractivity contribution in [3.8, 4) is 0 Å². The molecule has 0 aromatic heterocycles. The summed E-state index contributed by atoms with van der Waals surface area (Å²) in [6.07, 6.45) is 0.857. The smallest absolute Gasteiger partial charge is 0.197 e. The van der Waals surface area contributed by atoms with Gasteiger partial charge in [0.15, 0.2) is 7.37 Å². The molecule has 0 aromatic rings. The standard InChI is InChI=1S/C6H14BO3P/c1-6(10-5-7)3-4-11(2,8)9/h6H,3-5H2,1-2H3,(H,8,9). The summed E-state index contributed by atoms with van der Waals surface area (Å²) in [6, 6.07) is 0. The number of hydrogen-bond acceptors (Lipinski definition) is 2. The van der Waals surface area contributed by atoms with Crippen LogP contribution >= 0.6 is 7.37 Å². The van der Waals surface area contributed by atoms with E-state index in [4.69, 9.17) is 17.5 Å². The largest absolute Gasteiger partial charge is 0.388 e. The molecule has 11 heavy (non-hydrogen) atoms. The first-order chi connectivity index (χ1) is 4.95. The van der Waals surface area contributed by atoms with Crippen LogP contribution in [-0.2, 0) is 9.30 Å². The highest BCUT2D eigenvalue weighted by Gasteiger charge is 2.11. The molecule has 0 rings (SSSR count). The van der Waals surface area contributed by atoms with Gasteiger partial charge in [-0.05, 0) is 13.3 Å². The first-order valence-electron chi connectivity index (χ1n) is 3.56. The third-order valence-electron chi connectivity index (χ3n) is 1.33. The Bertz CT molecular complexity index is 145. The van der Waals surface area contributed by atoms with E-state index in [-0.39, 0.29) is 12.6 Å². The summed E-state index contributed by atoms with van der Waals surface area (Å²) in [5.74, 6) is 0. The molecule has 2 unspecified atom stereocenters. The Morgan fingerprint density at radius 3 is 2.64 bits per heavy atom. The van der Waals surface area contributed by atoms with Crippen LogP contribution in [0, 0.1) is 0 Å². The van der Waals surface area contributed by atoms with Gasteiger partial charge in [0.1, 0.15) is 7.85 Å². The summed E-state index contributed by atoms with van der Waals surface area (Å²) < 4.78 is 15.8. The van der Waals surface area contributed by atoms with Crippen LogP contribution < -0.4 is 0 Å². The predicted octanol–water partition coefficient (Wildman–Crippen LogP) is 0.808. The van der Waals surface area contributed by atoms with Gasteiger partial charge in [0.2, 0.25) is 0 Å². The SMILES string of the molecule is [B]COC(C)CCP(C)(=O)O. The normalized spacial score (nSPS) is 19.2. The molecule has 3 nitrogen and oxygen atoms in total. The minimum absolute atomic E-state index is 0.0274. The lowest BCUT2D eigenvalue weighted by Gasteiger charge is -2.12. The summed E-state index contributed by atoms with van der Waals surface area (Å²) in [5, 5.41) is 0. The zero-order valence-electron chi connectivity index (χ0n) is 6.99. The quantitative estimate of drug-likeness (QED) is 0.497. The van der Waals surface area contributed by atoms with Crippen LogP contribution in [0.15, 0.2) is 0 Å². The van der Waals surface area contributed by atoms with E-state index < -0.39 is 7.37 Å². The number of rotatable bonds is 5. The van der Waals surface area contributed by atoms with Gasteiger partial charge in [-0.25, -0.2) is 0 Å². The van der Waals surface area contributed by atoms with Crippen molar-refractivity contribution in [1.29, 1.82) is 0 Å². The molecule has 0 spiro atoms. The van der Waals surface area contributed by atoms with Gasteiger partial charge < -0.3 is 9.63 Å². The van der Waals surface area contributed by atoms with Gasteiger partial charge in [0, 0.05) is 19.3 Å². The summed E-state index contributed by atoms with van der Waals surface area (Å²) in [7, 11) is 2.25. The monoisotopic (exact) mass is 176 g/mol. The molecule has 0 aromatic carbocycles. The number of ether oxygens (including phenoxy) is 1. The fourth-order valence-corrected chi connectivity index (χ4v) is 1.51. The third-order valence-corrected chi connectivity index (χ3v) is 2.42. The summed E-state index contributed by atoms with van der Waals surface area (Å²) in [4.78, 5) is 8.90. The van der Waals surface area contributed by atoms with Crippen molar-refractivity contribution >= 4 is 15.2 Å². The maximum absolute atomic E-state index is 10.8. The average Bonchev–Trinajstić information content (AvgIpc) is 1.83. The van der Waals surface area contributed by atoms with Crippen molar-refractivity contribution in [2.24, 2.45) is 0 Å². The lowest BCUT2D eigenvalue weighted by atomic mass is 10.2. The molecule has 0 bridgehead atoms. The molecule has 0 aliphatic rings. The van der Waals surface area contributed by atoms with E-state index in [1.807, 2.05) is 6.92 Å². The fraction of sp³-hybridized carbons (Fsp3) is 1.00. The van der Waals surface area contributed by atoms with Crippen molar-refractivity contribution in [1.82, 2.24) is 0 Å². The maximum atomic E-state index is 10.8. The molecule has 0 amide bonds. The highest BCUT2D eigenvalue weighted by molar-refractivity contribution is 7.57. The van der Waals surface area contributed by atoms with E-state index in [0.717, 1.165) is 0 Å². The van der Waals surface area contributed by atoms with E-state index >= 15 is 0 Å². The minimum atomic E-state index is -2.86. The van der Waals surface area contributed by atoms with E-state index in [2.05, 4.69) is 0 Å². The minimum Gasteiger partial charge on any atom is -0.388 e. The molecule has 0 aliphatic heterocycles. The van der Waals surface area contributed by atoms with Crippen molar-refractivity contribution in [3.63, 3.8) is 0 Å². The Kier molecular flexibility index (Phi) is 5.06. The van der Waals surface area contributed by atoms with Gasteiger partial charge in [0.25, 0.3) is 0 Å². The molecule has 5 heteroatoms. The molecule has 0 heterocycles. The van der Waals surface area contributed by atoms with Crippen LogP contribution in [0.2, 0.25) is 0 Å². The molecule has 2 radical (unpaired) electrons. The second-order valence-electron chi connectivity index (χ2n) is 2.71. The zero-order chi connectivity index (χ0) is 8.91. The van der Waals surface area contributed by atoms with E-state index in [1.54, 1.807) is 0 Å². The Morgan fingerprint density at radius 1 is 1.73 bits per heavy atom. The Labute approximate surface area is 69.0 Å². The van der Waals surface area contributed by atoms with Gasteiger partial charge in [0.05, 0.1) is 6.10 Å². The van der Waals surface area contributed by atoms with Crippen molar-refractivity contribution in [2.75, 3.05) is 19.3 Å². The lowest BCUT2D eigenvalue weighted by molar-refractivity contribution is 0.0990. The Morgan fingerprint density at radius 2 is 2.27 bits per heavy atom.